The summed E-state index contributed by atoms with van der Waals surface area (Å²) in [6.07, 6.45) is 0. The largest absolute Gasteiger partial charge is 0.497 e. The lowest BCUT2D eigenvalue weighted by Gasteiger charge is -2.24. The van der Waals surface area contributed by atoms with Crippen molar-refractivity contribution in [3.8, 4) is 5.75 Å². The quantitative estimate of drug-likeness (QED) is 0.788. The van der Waals surface area contributed by atoms with Gasteiger partial charge in [0.2, 0.25) is 0 Å². The third kappa shape index (κ3) is 2.47. The number of anilines is 1. The second-order valence-corrected chi connectivity index (χ2v) is 6.33. The van der Waals surface area contributed by atoms with Crippen LogP contribution in [0.2, 0.25) is 0 Å². The molecule has 0 aromatic heterocycles. The van der Waals surface area contributed by atoms with Crippen LogP contribution in [-0.4, -0.2) is 18.1 Å². The smallest absolute Gasteiger partial charge is 0.268 e. The van der Waals surface area contributed by atoms with Crippen LogP contribution in [0.5, 0.6) is 5.75 Å². The summed E-state index contributed by atoms with van der Waals surface area (Å²) >= 11 is 0. The molecule has 0 fully saturated rings. The van der Waals surface area contributed by atoms with Gasteiger partial charge in [-0.3, -0.25) is 4.79 Å². The second kappa shape index (κ2) is 6.32. The molecule has 1 heterocycles. The van der Waals surface area contributed by atoms with Gasteiger partial charge in [0, 0.05) is 5.56 Å². The van der Waals surface area contributed by atoms with Gasteiger partial charge in [0.15, 0.2) is 5.60 Å². The Morgan fingerprint density at radius 2 is 1.58 bits per heavy atom. The van der Waals surface area contributed by atoms with Crippen molar-refractivity contribution in [2.45, 2.75) is 12.1 Å². The molecule has 0 saturated heterocycles. The standard InChI is InChI=1S/C22H19NO3/c1-26-18-13-11-17(12-14-18)22(25)19-9-5-6-10-20(19)23(21(22)24)15-16-7-3-2-4-8-16/h2-14,25H,15H2,1H3/t22-/m0/s1. The monoisotopic (exact) mass is 345 g/mol. The highest BCUT2D eigenvalue weighted by molar-refractivity contribution is 6.09. The highest BCUT2D eigenvalue weighted by atomic mass is 16.5. The first-order valence-electron chi connectivity index (χ1n) is 8.47. The van der Waals surface area contributed by atoms with Crippen molar-refractivity contribution in [1.29, 1.82) is 0 Å². The molecule has 0 aliphatic carbocycles. The van der Waals surface area contributed by atoms with Crippen LogP contribution in [0.1, 0.15) is 16.7 Å². The van der Waals surface area contributed by atoms with Gasteiger partial charge in [0.1, 0.15) is 5.75 Å². The minimum atomic E-state index is -1.70. The van der Waals surface area contributed by atoms with Gasteiger partial charge in [-0.1, -0.05) is 60.7 Å². The van der Waals surface area contributed by atoms with Crippen molar-refractivity contribution in [2.24, 2.45) is 0 Å². The molecule has 26 heavy (non-hydrogen) atoms. The van der Waals surface area contributed by atoms with Crippen LogP contribution in [0, 0.1) is 0 Å². The van der Waals surface area contributed by atoms with Crippen LogP contribution in [-0.2, 0) is 16.9 Å². The fraction of sp³-hybridized carbons (Fsp3) is 0.136. The lowest BCUT2D eigenvalue weighted by molar-refractivity contribution is -0.132. The zero-order chi connectivity index (χ0) is 18.1. The number of carbonyl (C=O) groups excluding carboxylic acids is 1. The molecule has 130 valence electrons. The highest BCUT2D eigenvalue weighted by Crippen LogP contribution is 2.45. The SMILES string of the molecule is COc1ccc([C@@]2(O)C(=O)N(Cc3ccccc3)c3ccccc32)cc1. The van der Waals surface area contributed by atoms with Crippen molar-refractivity contribution in [2.75, 3.05) is 12.0 Å². The Morgan fingerprint density at radius 3 is 2.27 bits per heavy atom. The van der Waals surface area contributed by atoms with E-state index in [2.05, 4.69) is 0 Å². The average molecular weight is 345 g/mol. The summed E-state index contributed by atoms with van der Waals surface area (Å²) in [6, 6.07) is 24.1. The van der Waals surface area contributed by atoms with Gasteiger partial charge < -0.3 is 14.7 Å². The van der Waals surface area contributed by atoms with Crippen LogP contribution < -0.4 is 9.64 Å². The maximum Gasteiger partial charge on any atom is 0.268 e. The first-order chi connectivity index (χ1) is 12.6. The fourth-order valence-corrected chi connectivity index (χ4v) is 3.47. The van der Waals surface area contributed by atoms with E-state index in [1.54, 1.807) is 36.3 Å². The Balaban J connectivity index is 1.79. The number of hydrogen-bond acceptors (Lipinski definition) is 3. The molecule has 0 unspecified atom stereocenters. The van der Waals surface area contributed by atoms with E-state index in [4.69, 9.17) is 4.74 Å². The lowest BCUT2D eigenvalue weighted by Crippen LogP contribution is -2.40. The lowest BCUT2D eigenvalue weighted by atomic mass is 9.87. The van der Waals surface area contributed by atoms with Gasteiger partial charge in [-0.25, -0.2) is 0 Å². The average Bonchev–Trinajstić information content (AvgIpc) is 2.92. The van der Waals surface area contributed by atoms with Crippen LogP contribution in [0.4, 0.5) is 5.69 Å². The predicted octanol–water partition coefficient (Wildman–Crippen LogP) is 3.48. The number of aliphatic hydroxyl groups is 1. The van der Waals surface area contributed by atoms with Gasteiger partial charge in [-0.2, -0.15) is 0 Å². The van der Waals surface area contributed by atoms with Crippen LogP contribution in [0.25, 0.3) is 0 Å². The molecule has 1 aliphatic rings. The van der Waals surface area contributed by atoms with Crippen LogP contribution >= 0.6 is 0 Å². The molecule has 4 rings (SSSR count). The Kier molecular flexibility index (Phi) is 3.98. The van der Waals surface area contributed by atoms with Gasteiger partial charge in [-0.15, -0.1) is 0 Å². The molecule has 1 atom stereocenters. The maximum absolute atomic E-state index is 13.3. The van der Waals surface area contributed by atoms with Gasteiger partial charge >= 0.3 is 0 Å². The molecule has 1 N–H and O–H groups in total. The summed E-state index contributed by atoms with van der Waals surface area (Å²) in [6.45, 7) is 0.412. The molecule has 4 nitrogen and oxygen atoms in total. The van der Waals surface area contributed by atoms with E-state index in [1.807, 2.05) is 54.6 Å². The Bertz CT molecular complexity index is 937. The zero-order valence-electron chi connectivity index (χ0n) is 14.4. The molecule has 0 spiro atoms. The third-order valence-corrected chi connectivity index (χ3v) is 4.83. The highest BCUT2D eigenvalue weighted by Gasteiger charge is 2.50. The molecule has 1 amide bonds. The first kappa shape index (κ1) is 16.4. The van der Waals surface area contributed by atoms with E-state index >= 15 is 0 Å². The fourth-order valence-electron chi connectivity index (χ4n) is 3.47. The van der Waals surface area contributed by atoms with E-state index in [0.29, 0.717) is 23.4 Å². The molecular weight excluding hydrogens is 326 g/mol. The second-order valence-electron chi connectivity index (χ2n) is 6.33. The molecular formula is C22H19NO3. The number of carbonyl (C=O) groups is 1. The van der Waals surface area contributed by atoms with Gasteiger partial charge in [0.25, 0.3) is 5.91 Å². The molecule has 4 heteroatoms. The van der Waals surface area contributed by atoms with Crippen molar-refractivity contribution in [1.82, 2.24) is 0 Å². The van der Waals surface area contributed by atoms with Crippen LogP contribution in [0.15, 0.2) is 78.9 Å². The number of amides is 1. The third-order valence-electron chi connectivity index (χ3n) is 4.83. The molecule has 0 bridgehead atoms. The summed E-state index contributed by atoms with van der Waals surface area (Å²) in [4.78, 5) is 14.9. The normalized spacial score (nSPS) is 18.7. The van der Waals surface area contributed by atoms with Gasteiger partial charge in [0.05, 0.1) is 19.3 Å². The Morgan fingerprint density at radius 1 is 0.923 bits per heavy atom. The zero-order valence-corrected chi connectivity index (χ0v) is 14.4. The van der Waals surface area contributed by atoms with E-state index in [9.17, 15) is 9.90 Å². The van der Waals surface area contributed by atoms with Crippen molar-refractivity contribution < 1.29 is 14.6 Å². The number of nitrogens with zero attached hydrogens (tertiary/aromatic N) is 1. The summed E-state index contributed by atoms with van der Waals surface area (Å²) < 4.78 is 5.18. The predicted molar refractivity (Wildman–Crippen MR) is 100 cm³/mol. The molecule has 3 aromatic rings. The number of ether oxygens (including phenoxy) is 1. The summed E-state index contributed by atoms with van der Waals surface area (Å²) in [5, 5.41) is 11.5. The molecule has 0 saturated carbocycles. The van der Waals surface area contributed by atoms with E-state index in [1.165, 1.54) is 0 Å². The number of methoxy groups -OCH3 is 1. The van der Waals surface area contributed by atoms with E-state index in [-0.39, 0.29) is 5.91 Å². The van der Waals surface area contributed by atoms with Crippen LogP contribution in [0.3, 0.4) is 0 Å². The maximum atomic E-state index is 13.3. The summed E-state index contributed by atoms with van der Waals surface area (Å²) in [7, 11) is 1.58. The Labute approximate surface area is 152 Å². The minimum Gasteiger partial charge on any atom is -0.497 e. The van der Waals surface area contributed by atoms with Crippen molar-refractivity contribution >= 4 is 11.6 Å². The minimum absolute atomic E-state index is 0.340. The van der Waals surface area contributed by atoms with Crippen molar-refractivity contribution in [3.05, 3.63) is 95.6 Å². The van der Waals surface area contributed by atoms with E-state index in [0.717, 1.165) is 11.3 Å². The van der Waals surface area contributed by atoms with Gasteiger partial charge in [-0.05, 0) is 29.3 Å². The molecule has 0 radical (unpaired) electrons. The molecule has 3 aromatic carbocycles. The topological polar surface area (TPSA) is 49.8 Å². The number of para-hydroxylation sites is 1. The van der Waals surface area contributed by atoms with E-state index < -0.39 is 5.60 Å². The number of benzene rings is 3. The summed E-state index contributed by atoms with van der Waals surface area (Å²) in [5.41, 5.74) is 1.18. The molecule has 1 aliphatic heterocycles. The van der Waals surface area contributed by atoms with Crippen molar-refractivity contribution in [3.63, 3.8) is 0 Å². The number of rotatable bonds is 4. The Hall–Kier alpha value is -3.11. The number of hydrogen-bond donors (Lipinski definition) is 1. The number of fused-ring (bicyclic) bond motifs is 1. The first-order valence-corrected chi connectivity index (χ1v) is 8.47. The summed E-state index contributed by atoms with van der Waals surface area (Å²) in [5.74, 6) is 0.338.